The molecule has 3 aliphatic heterocycles. The Labute approximate surface area is 134 Å². The summed E-state index contributed by atoms with van der Waals surface area (Å²) >= 11 is 0. The summed E-state index contributed by atoms with van der Waals surface area (Å²) in [5.74, 6) is -0.766. The molecule has 4 heterocycles. The summed E-state index contributed by atoms with van der Waals surface area (Å²) in [7, 11) is 0. The van der Waals surface area contributed by atoms with Crippen molar-refractivity contribution in [2.75, 3.05) is 6.54 Å². The Balaban J connectivity index is 1.59. The minimum atomic E-state index is -0.699. The second kappa shape index (κ2) is 4.96. The van der Waals surface area contributed by atoms with Gasteiger partial charge in [-0.3, -0.25) is 9.59 Å². The van der Waals surface area contributed by atoms with Crippen LogP contribution in [0.1, 0.15) is 19.6 Å². The maximum atomic E-state index is 12.9. The third kappa shape index (κ3) is 2.12. The highest BCUT2D eigenvalue weighted by molar-refractivity contribution is 5.91. The lowest BCUT2D eigenvalue weighted by atomic mass is 9.77. The molecule has 0 saturated carbocycles. The number of rotatable bonds is 4. The zero-order valence-electron chi connectivity index (χ0n) is 13.1. The molecule has 0 N–H and O–H groups in total. The smallest absolute Gasteiger partial charge is 0.313 e. The van der Waals surface area contributed by atoms with E-state index in [9.17, 15) is 9.59 Å². The van der Waals surface area contributed by atoms with Gasteiger partial charge in [0.1, 0.15) is 17.3 Å². The molecule has 0 radical (unpaired) electrons. The highest BCUT2D eigenvalue weighted by Crippen LogP contribution is 2.52. The molecule has 4 atom stereocenters. The van der Waals surface area contributed by atoms with Crippen LogP contribution >= 0.6 is 0 Å². The molecule has 2 bridgehead atoms. The Kier molecular flexibility index (Phi) is 3.13. The molecule has 2 saturated heterocycles. The first kappa shape index (κ1) is 14.5. The number of amides is 1. The zero-order chi connectivity index (χ0) is 16.2. The minimum Gasteiger partial charge on any atom is -0.467 e. The molecule has 1 spiro atoms. The first-order chi connectivity index (χ1) is 11.0. The normalized spacial score (nSPS) is 34.5. The first-order valence-electron chi connectivity index (χ1n) is 7.89. The lowest BCUT2D eigenvalue weighted by Gasteiger charge is -2.23. The van der Waals surface area contributed by atoms with Gasteiger partial charge < -0.3 is 18.8 Å². The largest absolute Gasteiger partial charge is 0.467 e. The monoisotopic (exact) mass is 317 g/mol. The molecule has 0 aliphatic carbocycles. The number of fused-ring (bicyclic) bond motifs is 1. The van der Waals surface area contributed by atoms with Crippen molar-refractivity contribution in [1.29, 1.82) is 0 Å². The topological polar surface area (TPSA) is 69.0 Å². The van der Waals surface area contributed by atoms with Gasteiger partial charge in [-0.2, -0.15) is 0 Å². The molecule has 4 rings (SSSR count). The molecule has 0 aromatic carbocycles. The molecular formula is C17H19NO5. The summed E-state index contributed by atoms with van der Waals surface area (Å²) < 4.78 is 16.7. The van der Waals surface area contributed by atoms with E-state index < -0.39 is 17.4 Å². The average Bonchev–Trinajstić information content (AvgIpc) is 3.21. The SMILES string of the molecule is CC(C)OC(=O)[C@@H]1[C@@H]2C=C[C@@]3(CN(Cc4ccco4)C(=O)[C@@H]13)O2. The number of hydrogen-bond acceptors (Lipinski definition) is 5. The van der Waals surface area contributed by atoms with E-state index >= 15 is 0 Å². The fraction of sp³-hybridized carbons (Fsp3) is 0.529. The summed E-state index contributed by atoms with van der Waals surface area (Å²) in [6.07, 6.45) is 4.83. The van der Waals surface area contributed by atoms with E-state index in [0.29, 0.717) is 13.1 Å². The van der Waals surface area contributed by atoms with Crippen LogP contribution in [0.2, 0.25) is 0 Å². The first-order valence-corrected chi connectivity index (χ1v) is 7.89. The van der Waals surface area contributed by atoms with Crippen LogP contribution in [0.25, 0.3) is 0 Å². The fourth-order valence-corrected chi connectivity index (χ4v) is 3.88. The predicted molar refractivity (Wildman–Crippen MR) is 79.1 cm³/mol. The highest BCUT2D eigenvalue weighted by Gasteiger charge is 2.67. The maximum Gasteiger partial charge on any atom is 0.313 e. The lowest BCUT2D eigenvalue weighted by molar-refractivity contribution is -0.157. The Hall–Kier alpha value is -2.08. The molecular weight excluding hydrogens is 298 g/mol. The van der Waals surface area contributed by atoms with E-state index in [1.807, 2.05) is 18.2 Å². The van der Waals surface area contributed by atoms with Crippen LogP contribution in [-0.2, 0) is 25.6 Å². The maximum absolute atomic E-state index is 12.9. The van der Waals surface area contributed by atoms with Gasteiger partial charge in [0.15, 0.2) is 0 Å². The Morgan fingerprint density at radius 2 is 2.35 bits per heavy atom. The summed E-state index contributed by atoms with van der Waals surface area (Å²) in [6.45, 7) is 4.43. The van der Waals surface area contributed by atoms with Crippen molar-refractivity contribution >= 4 is 11.9 Å². The van der Waals surface area contributed by atoms with Crippen LogP contribution in [0.15, 0.2) is 35.0 Å². The number of likely N-dealkylation sites (tertiary alicyclic amines) is 1. The van der Waals surface area contributed by atoms with E-state index in [1.54, 1.807) is 31.1 Å². The van der Waals surface area contributed by atoms with Gasteiger partial charge >= 0.3 is 5.97 Å². The molecule has 1 aromatic rings. The van der Waals surface area contributed by atoms with Gasteiger partial charge in [0.05, 0.1) is 37.5 Å². The van der Waals surface area contributed by atoms with Crippen LogP contribution < -0.4 is 0 Å². The lowest BCUT2D eigenvalue weighted by Crippen LogP contribution is -2.40. The number of carbonyl (C=O) groups is 2. The summed E-state index contributed by atoms with van der Waals surface area (Å²) in [4.78, 5) is 27.0. The van der Waals surface area contributed by atoms with Crippen molar-refractivity contribution in [3.8, 4) is 0 Å². The number of carbonyl (C=O) groups excluding carboxylic acids is 2. The number of hydrogen-bond donors (Lipinski definition) is 0. The quantitative estimate of drug-likeness (QED) is 0.622. The third-order valence-corrected chi connectivity index (χ3v) is 4.73. The van der Waals surface area contributed by atoms with Crippen LogP contribution in [0.5, 0.6) is 0 Å². The van der Waals surface area contributed by atoms with Gasteiger partial charge in [0.25, 0.3) is 0 Å². The molecule has 2 fully saturated rings. The molecule has 1 aromatic heterocycles. The molecule has 3 aliphatic rings. The van der Waals surface area contributed by atoms with E-state index in [2.05, 4.69) is 0 Å². The number of esters is 1. The van der Waals surface area contributed by atoms with Crippen LogP contribution in [0, 0.1) is 11.8 Å². The zero-order valence-corrected chi connectivity index (χ0v) is 13.1. The molecule has 6 heteroatoms. The van der Waals surface area contributed by atoms with Crippen molar-refractivity contribution in [3.63, 3.8) is 0 Å². The van der Waals surface area contributed by atoms with Gasteiger partial charge in [-0.05, 0) is 26.0 Å². The predicted octanol–water partition coefficient (Wildman–Crippen LogP) is 1.51. The van der Waals surface area contributed by atoms with E-state index in [0.717, 1.165) is 5.76 Å². The van der Waals surface area contributed by atoms with E-state index in [4.69, 9.17) is 13.9 Å². The van der Waals surface area contributed by atoms with Gasteiger partial charge in [0.2, 0.25) is 5.91 Å². The Bertz CT molecular complexity index is 665. The second-order valence-corrected chi connectivity index (χ2v) is 6.66. The van der Waals surface area contributed by atoms with Crippen LogP contribution in [0.3, 0.4) is 0 Å². The summed E-state index contributed by atoms with van der Waals surface area (Å²) in [5, 5.41) is 0. The van der Waals surface area contributed by atoms with Crippen LogP contribution in [0.4, 0.5) is 0 Å². The van der Waals surface area contributed by atoms with Crippen molar-refractivity contribution in [3.05, 3.63) is 36.3 Å². The third-order valence-electron chi connectivity index (χ3n) is 4.73. The highest BCUT2D eigenvalue weighted by atomic mass is 16.6. The minimum absolute atomic E-state index is 0.0704. The van der Waals surface area contributed by atoms with E-state index in [1.165, 1.54) is 0 Å². The van der Waals surface area contributed by atoms with Gasteiger partial charge in [-0.1, -0.05) is 12.2 Å². The standard InChI is InChI=1S/C17H19NO5/c1-10(2)22-16(20)13-12-5-6-17(23-12)9-18(15(19)14(13)17)8-11-4-3-7-21-11/h3-7,10,12-14H,8-9H2,1-2H3/t12-,13+,14+,17-/m0/s1. The molecule has 0 unspecified atom stereocenters. The van der Waals surface area contributed by atoms with E-state index in [-0.39, 0.29) is 24.1 Å². The van der Waals surface area contributed by atoms with Gasteiger partial charge in [0, 0.05) is 0 Å². The van der Waals surface area contributed by atoms with Crippen molar-refractivity contribution in [2.45, 2.75) is 38.2 Å². The Morgan fingerprint density at radius 1 is 1.52 bits per heavy atom. The van der Waals surface area contributed by atoms with Crippen molar-refractivity contribution in [1.82, 2.24) is 4.90 Å². The number of furan rings is 1. The van der Waals surface area contributed by atoms with Gasteiger partial charge in [-0.25, -0.2) is 0 Å². The number of nitrogens with zero attached hydrogens (tertiary/aromatic N) is 1. The van der Waals surface area contributed by atoms with Crippen molar-refractivity contribution in [2.24, 2.45) is 11.8 Å². The fourth-order valence-electron chi connectivity index (χ4n) is 3.88. The molecule has 23 heavy (non-hydrogen) atoms. The second-order valence-electron chi connectivity index (χ2n) is 6.66. The van der Waals surface area contributed by atoms with Gasteiger partial charge in [-0.15, -0.1) is 0 Å². The molecule has 122 valence electrons. The summed E-state index contributed by atoms with van der Waals surface area (Å²) in [6, 6.07) is 3.62. The Morgan fingerprint density at radius 3 is 3.04 bits per heavy atom. The molecule has 6 nitrogen and oxygen atoms in total. The average molecular weight is 317 g/mol. The number of ether oxygens (including phenoxy) is 2. The van der Waals surface area contributed by atoms with Crippen LogP contribution in [-0.4, -0.2) is 41.1 Å². The molecule has 1 amide bonds. The summed E-state index contributed by atoms with van der Waals surface area (Å²) in [5.41, 5.74) is -0.699. The van der Waals surface area contributed by atoms with Crippen molar-refractivity contribution < 1.29 is 23.5 Å².